The third-order valence-electron chi connectivity index (χ3n) is 2.81. The minimum absolute atomic E-state index is 0.0336. The van der Waals surface area contributed by atoms with Crippen molar-refractivity contribution in [1.82, 2.24) is 0 Å². The molecule has 0 bridgehead atoms. The zero-order valence-electron chi connectivity index (χ0n) is 11.2. The van der Waals surface area contributed by atoms with Gasteiger partial charge in [0.25, 0.3) is 0 Å². The number of hydrogen-bond acceptors (Lipinski definition) is 4. The van der Waals surface area contributed by atoms with Gasteiger partial charge >= 0.3 is 10.1 Å². The predicted molar refractivity (Wildman–Crippen MR) is 75.3 cm³/mol. The number of benzene rings is 2. The van der Waals surface area contributed by atoms with Gasteiger partial charge in [-0.15, -0.1) is 0 Å². The average molecular weight is 308 g/mol. The SMILES string of the molecule is CCC(=O)c1ccccc1OS(=O)(=O)c1ccc(F)cc1. The Labute approximate surface area is 122 Å². The molecular formula is C15H13FO4S. The summed E-state index contributed by atoms with van der Waals surface area (Å²) in [4.78, 5) is 11.6. The first-order valence-electron chi connectivity index (χ1n) is 6.26. The predicted octanol–water partition coefficient (Wildman–Crippen LogP) is 3.19. The van der Waals surface area contributed by atoms with E-state index in [0.717, 1.165) is 24.3 Å². The lowest BCUT2D eigenvalue weighted by molar-refractivity contribution is 0.0986. The first kappa shape index (κ1) is 15.2. The van der Waals surface area contributed by atoms with Crippen molar-refractivity contribution in [2.75, 3.05) is 0 Å². The first-order valence-corrected chi connectivity index (χ1v) is 7.67. The highest BCUT2D eigenvalue weighted by Crippen LogP contribution is 2.24. The van der Waals surface area contributed by atoms with E-state index in [9.17, 15) is 17.6 Å². The average Bonchev–Trinajstić information content (AvgIpc) is 2.47. The van der Waals surface area contributed by atoms with Crippen molar-refractivity contribution in [2.45, 2.75) is 18.2 Å². The number of Topliss-reactive ketones (excluding diaryl/α,β-unsaturated/α-hetero) is 1. The van der Waals surface area contributed by atoms with E-state index in [2.05, 4.69) is 0 Å². The maximum atomic E-state index is 12.8. The fourth-order valence-electron chi connectivity index (χ4n) is 1.73. The number of para-hydroxylation sites is 1. The minimum Gasteiger partial charge on any atom is -0.378 e. The molecule has 0 aliphatic carbocycles. The number of halogens is 1. The largest absolute Gasteiger partial charge is 0.378 e. The van der Waals surface area contributed by atoms with E-state index in [1.54, 1.807) is 19.1 Å². The van der Waals surface area contributed by atoms with Crippen molar-refractivity contribution in [3.05, 3.63) is 59.9 Å². The van der Waals surface area contributed by atoms with Gasteiger partial charge in [0.2, 0.25) is 0 Å². The molecule has 0 N–H and O–H groups in total. The molecule has 6 heteroatoms. The Hall–Kier alpha value is -2.21. The van der Waals surface area contributed by atoms with Gasteiger partial charge in [-0.05, 0) is 36.4 Å². The molecular weight excluding hydrogens is 295 g/mol. The van der Waals surface area contributed by atoms with E-state index < -0.39 is 15.9 Å². The molecule has 0 aliphatic heterocycles. The number of rotatable bonds is 5. The van der Waals surface area contributed by atoms with Crippen molar-refractivity contribution in [2.24, 2.45) is 0 Å². The van der Waals surface area contributed by atoms with Gasteiger partial charge in [-0.25, -0.2) is 4.39 Å². The topological polar surface area (TPSA) is 60.4 Å². The third-order valence-corrected chi connectivity index (χ3v) is 4.06. The molecule has 0 atom stereocenters. The van der Waals surface area contributed by atoms with Crippen LogP contribution >= 0.6 is 0 Å². The van der Waals surface area contributed by atoms with Gasteiger partial charge in [-0.3, -0.25) is 4.79 Å². The molecule has 0 radical (unpaired) electrons. The Morgan fingerprint density at radius 2 is 1.71 bits per heavy atom. The molecule has 21 heavy (non-hydrogen) atoms. The van der Waals surface area contributed by atoms with Crippen molar-refractivity contribution in [3.63, 3.8) is 0 Å². The lowest BCUT2D eigenvalue weighted by Crippen LogP contribution is -2.12. The van der Waals surface area contributed by atoms with E-state index in [-0.39, 0.29) is 28.4 Å². The Balaban J connectivity index is 2.37. The minimum atomic E-state index is -4.11. The van der Waals surface area contributed by atoms with E-state index >= 15 is 0 Å². The normalized spacial score (nSPS) is 11.1. The smallest absolute Gasteiger partial charge is 0.339 e. The second-order valence-corrected chi connectivity index (χ2v) is 5.81. The molecule has 0 fully saturated rings. The highest BCUT2D eigenvalue weighted by Gasteiger charge is 2.20. The Morgan fingerprint density at radius 3 is 2.33 bits per heavy atom. The Bertz CT molecular complexity index is 751. The van der Waals surface area contributed by atoms with E-state index in [0.29, 0.717) is 0 Å². The van der Waals surface area contributed by atoms with Crippen LogP contribution in [0.4, 0.5) is 4.39 Å². The molecule has 0 unspecified atom stereocenters. The van der Waals surface area contributed by atoms with Gasteiger partial charge in [0, 0.05) is 6.42 Å². The molecule has 0 aliphatic rings. The first-order chi connectivity index (χ1) is 9.94. The van der Waals surface area contributed by atoms with Gasteiger partial charge < -0.3 is 4.18 Å². The number of ketones is 1. The zero-order valence-corrected chi connectivity index (χ0v) is 12.1. The molecule has 2 aromatic rings. The molecule has 2 rings (SSSR count). The van der Waals surface area contributed by atoms with Crippen LogP contribution in [0.15, 0.2) is 53.4 Å². The molecule has 0 amide bonds. The summed E-state index contributed by atoms with van der Waals surface area (Å²) in [6.07, 6.45) is 0.233. The van der Waals surface area contributed by atoms with E-state index in [4.69, 9.17) is 4.18 Å². The zero-order chi connectivity index (χ0) is 15.5. The lowest BCUT2D eigenvalue weighted by atomic mass is 10.1. The van der Waals surface area contributed by atoms with Crippen molar-refractivity contribution in [3.8, 4) is 5.75 Å². The van der Waals surface area contributed by atoms with Gasteiger partial charge in [0.05, 0.1) is 5.56 Å². The summed E-state index contributed by atoms with van der Waals surface area (Å²) in [7, 11) is -4.11. The molecule has 110 valence electrons. The molecule has 0 aromatic heterocycles. The summed E-state index contributed by atoms with van der Waals surface area (Å²) in [6, 6.07) is 10.4. The molecule has 0 saturated carbocycles. The van der Waals surface area contributed by atoms with Gasteiger partial charge in [-0.2, -0.15) is 8.42 Å². The quantitative estimate of drug-likeness (QED) is 0.628. The van der Waals surface area contributed by atoms with Crippen LogP contribution in [0.25, 0.3) is 0 Å². The number of hydrogen-bond donors (Lipinski definition) is 0. The monoisotopic (exact) mass is 308 g/mol. The fraction of sp³-hybridized carbons (Fsp3) is 0.133. The van der Waals surface area contributed by atoms with Crippen LogP contribution in [0.5, 0.6) is 5.75 Å². The van der Waals surface area contributed by atoms with Crippen molar-refractivity contribution >= 4 is 15.9 Å². The molecule has 2 aromatic carbocycles. The highest BCUT2D eigenvalue weighted by molar-refractivity contribution is 7.87. The third kappa shape index (κ3) is 3.46. The second kappa shape index (κ2) is 6.05. The van der Waals surface area contributed by atoms with Gasteiger partial charge in [0.15, 0.2) is 11.5 Å². The summed E-state index contributed by atoms with van der Waals surface area (Å²) < 4.78 is 42.1. The van der Waals surface area contributed by atoms with Gasteiger partial charge in [-0.1, -0.05) is 19.1 Å². The maximum absolute atomic E-state index is 12.8. The molecule has 0 saturated heterocycles. The fourth-order valence-corrected chi connectivity index (χ4v) is 2.68. The molecule has 0 spiro atoms. The molecule has 0 heterocycles. The summed E-state index contributed by atoms with van der Waals surface area (Å²) in [6.45, 7) is 1.67. The summed E-state index contributed by atoms with van der Waals surface area (Å²) in [5.74, 6) is -0.802. The van der Waals surface area contributed by atoms with Crippen molar-refractivity contribution in [1.29, 1.82) is 0 Å². The lowest BCUT2D eigenvalue weighted by Gasteiger charge is -2.10. The number of carbonyl (C=O) groups is 1. The van der Waals surface area contributed by atoms with Crippen LogP contribution in [0.2, 0.25) is 0 Å². The summed E-state index contributed by atoms with van der Waals surface area (Å²) >= 11 is 0. The Morgan fingerprint density at radius 1 is 1.10 bits per heavy atom. The van der Waals surface area contributed by atoms with Crippen molar-refractivity contribution < 1.29 is 21.8 Å². The molecule has 4 nitrogen and oxygen atoms in total. The maximum Gasteiger partial charge on any atom is 0.339 e. The van der Waals surface area contributed by atoms with Crippen LogP contribution < -0.4 is 4.18 Å². The second-order valence-electron chi connectivity index (χ2n) is 4.26. The number of carbonyl (C=O) groups excluding carboxylic acids is 1. The van der Waals surface area contributed by atoms with Crippen LogP contribution in [0.3, 0.4) is 0 Å². The van der Waals surface area contributed by atoms with Crippen LogP contribution in [-0.2, 0) is 10.1 Å². The standard InChI is InChI=1S/C15H13FO4S/c1-2-14(17)13-5-3-4-6-15(13)20-21(18,19)12-9-7-11(16)8-10-12/h3-10H,2H2,1H3. The summed E-state index contributed by atoms with van der Waals surface area (Å²) in [5.41, 5.74) is 0.200. The van der Waals surface area contributed by atoms with Crippen LogP contribution in [-0.4, -0.2) is 14.2 Å². The Kier molecular flexibility index (Phi) is 4.37. The van der Waals surface area contributed by atoms with Crippen LogP contribution in [0, 0.1) is 5.82 Å². The highest BCUT2D eigenvalue weighted by atomic mass is 32.2. The van der Waals surface area contributed by atoms with E-state index in [1.807, 2.05) is 0 Å². The van der Waals surface area contributed by atoms with Crippen LogP contribution in [0.1, 0.15) is 23.7 Å². The van der Waals surface area contributed by atoms with E-state index in [1.165, 1.54) is 12.1 Å². The van der Waals surface area contributed by atoms with Gasteiger partial charge in [0.1, 0.15) is 10.7 Å². The summed E-state index contributed by atoms with van der Waals surface area (Å²) in [5, 5.41) is 0.